The van der Waals surface area contributed by atoms with Gasteiger partial charge in [-0.05, 0) is 54.7 Å². The van der Waals surface area contributed by atoms with Gasteiger partial charge in [-0.3, -0.25) is 14.9 Å². The first-order valence-electron chi connectivity index (χ1n) is 13.5. The van der Waals surface area contributed by atoms with E-state index in [9.17, 15) is 9.59 Å². The van der Waals surface area contributed by atoms with Crippen LogP contribution in [0.25, 0.3) is 5.57 Å². The Morgan fingerprint density at radius 1 is 1.02 bits per heavy atom. The van der Waals surface area contributed by atoms with E-state index in [-0.39, 0.29) is 31.1 Å². The quantitative estimate of drug-likeness (QED) is 0.318. The van der Waals surface area contributed by atoms with Crippen molar-refractivity contribution in [2.45, 2.75) is 38.8 Å². The molecule has 0 aliphatic carbocycles. The van der Waals surface area contributed by atoms with E-state index in [0.29, 0.717) is 37.4 Å². The molecule has 0 saturated carbocycles. The second-order valence-electron chi connectivity index (χ2n) is 9.74. The molecule has 3 aromatic carbocycles. The van der Waals surface area contributed by atoms with Crippen LogP contribution in [0.2, 0.25) is 0 Å². The van der Waals surface area contributed by atoms with Gasteiger partial charge in [-0.15, -0.1) is 0 Å². The Morgan fingerprint density at radius 3 is 2.52 bits per heavy atom. The van der Waals surface area contributed by atoms with Gasteiger partial charge in [-0.25, -0.2) is 0 Å². The highest BCUT2D eigenvalue weighted by molar-refractivity contribution is 5.81. The Morgan fingerprint density at radius 2 is 1.77 bits per heavy atom. The van der Waals surface area contributed by atoms with Crippen LogP contribution >= 0.6 is 0 Å². The van der Waals surface area contributed by atoms with Crippen molar-refractivity contribution >= 4 is 23.1 Å². The zero-order chi connectivity index (χ0) is 28.3. The van der Waals surface area contributed by atoms with Crippen LogP contribution in [0.5, 0.6) is 11.5 Å². The van der Waals surface area contributed by atoms with E-state index in [1.165, 1.54) is 6.92 Å². The Labute approximate surface area is 235 Å². The molecule has 0 saturated heterocycles. The highest BCUT2D eigenvalue weighted by Gasteiger charge is 2.24. The van der Waals surface area contributed by atoms with Gasteiger partial charge in [0.05, 0.1) is 18.8 Å². The average Bonchev–Trinajstić information content (AvgIpc) is 3.38. The van der Waals surface area contributed by atoms with E-state index in [1.807, 2.05) is 79.0 Å². The molecule has 2 amide bonds. The van der Waals surface area contributed by atoms with Crippen LogP contribution in [0.4, 0.5) is 5.69 Å². The molecule has 8 nitrogen and oxygen atoms in total. The summed E-state index contributed by atoms with van der Waals surface area (Å²) in [6, 6.07) is 22.6. The van der Waals surface area contributed by atoms with Crippen molar-refractivity contribution in [3.05, 3.63) is 95.7 Å². The number of aryl methyl sites for hydroxylation is 1. The molecule has 0 aromatic heterocycles. The fraction of sp³-hybridized carbons (Fsp3) is 0.312. The van der Waals surface area contributed by atoms with Crippen molar-refractivity contribution in [2.24, 2.45) is 0 Å². The summed E-state index contributed by atoms with van der Waals surface area (Å²) in [5.74, 6) is 0.913. The number of carbonyl (C=O) groups is 2. The van der Waals surface area contributed by atoms with Crippen molar-refractivity contribution in [1.82, 2.24) is 15.5 Å². The topological polar surface area (TPSA) is 102 Å². The number of fused-ring (bicyclic) bond motifs is 1. The predicted octanol–water partition coefficient (Wildman–Crippen LogP) is 4.21. The SMILES string of the molecule is COc1ccccc1CN(CC(CC1=C[N]c2ccccc21)NC(=O)COc1ccc(CCCO)cc1)C(C)=O. The summed E-state index contributed by atoms with van der Waals surface area (Å²) in [5, 5.41) is 16.6. The lowest BCUT2D eigenvalue weighted by molar-refractivity contribution is -0.131. The van der Waals surface area contributed by atoms with Crippen LogP contribution in [0.1, 0.15) is 36.5 Å². The zero-order valence-corrected chi connectivity index (χ0v) is 23.0. The monoisotopic (exact) mass is 542 g/mol. The van der Waals surface area contributed by atoms with E-state index in [1.54, 1.807) is 12.0 Å². The van der Waals surface area contributed by atoms with Crippen LogP contribution in [-0.2, 0) is 22.6 Å². The fourth-order valence-electron chi connectivity index (χ4n) is 4.73. The number of benzene rings is 3. The molecule has 1 atom stereocenters. The summed E-state index contributed by atoms with van der Waals surface area (Å²) >= 11 is 0. The number of hydrogen-bond donors (Lipinski definition) is 2. The summed E-state index contributed by atoms with van der Waals surface area (Å²) in [5.41, 5.74) is 4.91. The van der Waals surface area contributed by atoms with Crippen molar-refractivity contribution < 1.29 is 24.2 Å². The highest BCUT2D eigenvalue weighted by Crippen LogP contribution is 2.33. The summed E-state index contributed by atoms with van der Waals surface area (Å²) in [6.07, 6.45) is 3.82. The number of nitrogens with zero attached hydrogens (tertiary/aromatic N) is 2. The molecule has 209 valence electrons. The van der Waals surface area contributed by atoms with Gasteiger partial charge in [0.25, 0.3) is 5.91 Å². The molecule has 1 aliphatic heterocycles. The number of amides is 2. The minimum atomic E-state index is -0.372. The van der Waals surface area contributed by atoms with Crippen LogP contribution in [0.3, 0.4) is 0 Å². The second-order valence-corrected chi connectivity index (χ2v) is 9.74. The molecule has 2 N–H and O–H groups in total. The lowest BCUT2D eigenvalue weighted by Gasteiger charge is -2.28. The van der Waals surface area contributed by atoms with Gasteiger partial charge < -0.3 is 24.8 Å². The molecule has 4 rings (SSSR count). The average molecular weight is 543 g/mol. The maximum atomic E-state index is 13.0. The van der Waals surface area contributed by atoms with Crippen LogP contribution in [-0.4, -0.2) is 54.7 Å². The number of rotatable bonds is 14. The van der Waals surface area contributed by atoms with Gasteiger partial charge in [0.1, 0.15) is 11.5 Å². The first-order valence-corrected chi connectivity index (χ1v) is 13.5. The van der Waals surface area contributed by atoms with E-state index in [4.69, 9.17) is 14.6 Å². The summed E-state index contributed by atoms with van der Waals surface area (Å²) in [4.78, 5) is 27.5. The molecule has 1 radical (unpaired) electrons. The Hall–Kier alpha value is -4.30. The number of carbonyl (C=O) groups excluding carboxylic acids is 2. The smallest absolute Gasteiger partial charge is 0.258 e. The maximum Gasteiger partial charge on any atom is 0.258 e. The number of aliphatic hydroxyl groups is 1. The Bertz CT molecular complexity index is 1320. The molecule has 0 fully saturated rings. The van der Waals surface area contributed by atoms with Gasteiger partial charge in [-0.2, -0.15) is 0 Å². The second kappa shape index (κ2) is 14.2. The minimum absolute atomic E-state index is 0.104. The maximum absolute atomic E-state index is 13.0. The van der Waals surface area contributed by atoms with Crippen LogP contribution < -0.4 is 20.1 Å². The van der Waals surface area contributed by atoms with Gasteiger partial charge in [-0.1, -0.05) is 48.5 Å². The largest absolute Gasteiger partial charge is 0.496 e. The number of para-hydroxylation sites is 2. The molecule has 1 unspecified atom stereocenters. The van der Waals surface area contributed by atoms with Crippen LogP contribution in [0, 0.1) is 0 Å². The predicted molar refractivity (Wildman–Crippen MR) is 154 cm³/mol. The third-order valence-electron chi connectivity index (χ3n) is 6.80. The van der Waals surface area contributed by atoms with Gasteiger partial charge >= 0.3 is 0 Å². The molecule has 0 bridgehead atoms. The van der Waals surface area contributed by atoms with E-state index < -0.39 is 0 Å². The first-order chi connectivity index (χ1) is 19.5. The molecule has 8 heteroatoms. The molecular weight excluding hydrogens is 506 g/mol. The van der Waals surface area contributed by atoms with Crippen molar-refractivity contribution in [1.29, 1.82) is 0 Å². The van der Waals surface area contributed by atoms with Crippen LogP contribution in [0.15, 0.2) is 79.0 Å². The van der Waals surface area contributed by atoms with E-state index >= 15 is 0 Å². The fourth-order valence-corrected chi connectivity index (χ4v) is 4.73. The molecular formula is C32H36N3O5. The lowest BCUT2D eigenvalue weighted by atomic mass is 9.99. The van der Waals surface area contributed by atoms with Gasteiger partial charge in [0, 0.05) is 43.9 Å². The van der Waals surface area contributed by atoms with Crippen molar-refractivity contribution in [3.8, 4) is 11.5 Å². The number of ether oxygens (including phenoxy) is 2. The lowest BCUT2D eigenvalue weighted by Crippen LogP contribution is -2.46. The zero-order valence-electron chi connectivity index (χ0n) is 23.0. The van der Waals surface area contributed by atoms with E-state index in [0.717, 1.165) is 34.4 Å². The molecule has 1 aliphatic rings. The Kier molecular flexibility index (Phi) is 10.2. The molecule has 0 spiro atoms. The van der Waals surface area contributed by atoms with E-state index in [2.05, 4.69) is 10.6 Å². The van der Waals surface area contributed by atoms with Gasteiger partial charge in [0.2, 0.25) is 5.91 Å². The highest BCUT2D eigenvalue weighted by atomic mass is 16.5. The van der Waals surface area contributed by atoms with Gasteiger partial charge in [0.15, 0.2) is 6.61 Å². The Balaban J connectivity index is 1.45. The minimum Gasteiger partial charge on any atom is -0.496 e. The number of methoxy groups -OCH3 is 1. The third kappa shape index (κ3) is 7.86. The van der Waals surface area contributed by atoms with Crippen molar-refractivity contribution in [2.75, 3.05) is 26.9 Å². The summed E-state index contributed by atoms with van der Waals surface area (Å²) in [7, 11) is 1.61. The molecule has 1 heterocycles. The summed E-state index contributed by atoms with van der Waals surface area (Å²) < 4.78 is 11.2. The number of nitrogens with one attached hydrogen (secondary N) is 1. The molecule has 40 heavy (non-hydrogen) atoms. The standard InChI is InChI=1S/C32H36N3O5/c1-23(37)35(20-25-9-3-6-12-31(25)39-2)21-27(18-26-19-33-30-11-5-4-10-29(26)30)34-32(38)22-40-28-15-13-24(14-16-28)8-7-17-36/h3-6,9-16,19,27,36H,7-8,17-18,20-22H2,1-2H3,(H,34,38). The molecule has 3 aromatic rings. The normalized spacial score (nSPS) is 12.5. The summed E-state index contributed by atoms with van der Waals surface area (Å²) in [6.45, 7) is 2.18. The first kappa shape index (κ1) is 28.7. The van der Waals surface area contributed by atoms with Crippen molar-refractivity contribution in [3.63, 3.8) is 0 Å². The third-order valence-corrected chi connectivity index (χ3v) is 6.80. The number of hydrogen-bond acceptors (Lipinski definition) is 5. The number of aliphatic hydroxyl groups excluding tert-OH is 1.